The number of hydrogen-bond acceptors (Lipinski definition) is 5. The van der Waals surface area contributed by atoms with Crippen molar-refractivity contribution in [3.8, 4) is 0 Å². The molecule has 0 aliphatic rings. The summed E-state index contributed by atoms with van der Waals surface area (Å²) in [6.07, 6.45) is 0.0759. The van der Waals surface area contributed by atoms with Gasteiger partial charge in [-0.15, -0.1) is 11.3 Å². The largest absolute Gasteiger partial charge is 0.481 e. The molecular weight excluding hydrogens is 292 g/mol. The van der Waals surface area contributed by atoms with E-state index in [2.05, 4.69) is 15.4 Å². The normalized spacial score (nSPS) is 10.6. The molecule has 0 fully saturated rings. The maximum absolute atomic E-state index is 12.0. The third kappa shape index (κ3) is 3.66. The second-order valence-electron chi connectivity index (χ2n) is 4.71. The van der Waals surface area contributed by atoms with Crippen LogP contribution in [0.3, 0.4) is 0 Å². The minimum atomic E-state index is -0.945. The number of nitrogens with zero attached hydrogens (tertiary/aromatic N) is 3. The van der Waals surface area contributed by atoms with Crippen molar-refractivity contribution in [3.05, 3.63) is 28.0 Å². The van der Waals surface area contributed by atoms with Crippen molar-refractivity contribution in [2.75, 3.05) is 5.32 Å². The van der Waals surface area contributed by atoms with Gasteiger partial charge in [0.15, 0.2) is 5.13 Å². The number of nitrogens with one attached hydrogen (secondary N) is 1. The molecule has 2 rings (SSSR count). The monoisotopic (exact) mass is 308 g/mol. The fraction of sp³-hybridized carbons (Fsp3) is 0.385. The molecule has 0 radical (unpaired) electrons. The highest BCUT2D eigenvalue weighted by molar-refractivity contribution is 7.13. The van der Waals surface area contributed by atoms with E-state index >= 15 is 0 Å². The number of carboxylic acid groups (broad SMARTS) is 1. The number of carbonyl (C=O) groups excluding carboxylic acids is 1. The van der Waals surface area contributed by atoms with E-state index in [1.54, 1.807) is 10.1 Å². The van der Waals surface area contributed by atoms with Crippen LogP contribution in [-0.2, 0) is 29.5 Å². The van der Waals surface area contributed by atoms with E-state index in [4.69, 9.17) is 5.11 Å². The van der Waals surface area contributed by atoms with Crippen LogP contribution in [0.15, 0.2) is 5.38 Å². The van der Waals surface area contributed by atoms with Crippen molar-refractivity contribution < 1.29 is 14.7 Å². The van der Waals surface area contributed by atoms with Crippen LogP contribution in [0.25, 0.3) is 0 Å². The van der Waals surface area contributed by atoms with E-state index in [9.17, 15) is 9.59 Å². The minimum Gasteiger partial charge on any atom is -0.481 e. The van der Waals surface area contributed by atoms with Gasteiger partial charge in [0.1, 0.15) is 0 Å². The molecule has 7 nitrogen and oxygen atoms in total. The molecule has 0 unspecified atom stereocenters. The number of carboxylic acids is 1. The molecule has 2 aromatic rings. The zero-order chi connectivity index (χ0) is 15.6. The van der Waals surface area contributed by atoms with Crippen LogP contribution < -0.4 is 5.32 Å². The maximum atomic E-state index is 12.0. The van der Waals surface area contributed by atoms with Crippen LogP contribution in [0.4, 0.5) is 5.13 Å². The fourth-order valence-electron chi connectivity index (χ4n) is 2.00. The minimum absolute atomic E-state index is 0.146. The predicted molar refractivity (Wildman–Crippen MR) is 78.5 cm³/mol. The highest BCUT2D eigenvalue weighted by atomic mass is 32.1. The van der Waals surface area contributed by atoms with Crippen LogP contribution in [0.2, 0.25) is 0 Å². The molecule has 0 spiro atoms. The van der Waals surface area contributed by atoms with Crippen LogP contribution >= 0.6 is 11.3 Å². The van der Waals surface area contributed by atoms with Gasteiger partial charge in [-0.1, -0.05) is 0 Å². The topological polar surface area (TPSA) is 97.1 Å². The second-order valence-corrected chi connectivity index (χ2v) is 5.57. The third-order valence-electron chi connectivity index (χ3n) is 3.13. The number of aryl methyl sites for hydroxylation is 2. The molecular formula is C13H16N4O3S. The lowest BCUT2D eigenvalue weighted by Crippen LogP contribution is -2.15. The first-order valence-electron chi connectivity index (χ1n) is 6.32. The summed E-state index contributed by atoms with van der Waals surface area (Å²) in [7, 11) is 1.84. The number of thiazole rings is 1. The van der Waals surface area contributed by atoms with Gasteiger partial charge < -0.3 is 10.4 Å². The molecule has 1 amide bonds. The van der Waals surface area contributed by atoms with Crippen molar-refractivity contribution in [2.24, 2.45) is 7.05 Å². The Morgan fingerprint density at radius 3 is 2.67 bits per heavy atom. The lowest BCUT2D eigenvalue weighted by atomic mass is 10.1. The summed E-state index contributed by atoms with van der Waals surface area (Å²) in [5, 5.41) is 17.7. The van der Waals surface area contributed by atoms with E-state index < -0.39 is 5.97 Å². The Morgan fingerprint density at radius 1 is 1.38 bits per heavy atom. The summed E-state index contributed by atoms with van der Waals surface area (Å²) in [6.45, 7) is 3.78. The van der Waals surface area contributed by atoms with Crippen molar-refractivity contribution in [1.82, 2.24) is 14.8 Å². The van der Waals surface area contributed by atoms with Gasteiger partial charge in [0, 0.05) is 23.7 Å². The third-order valence-corrected chi connectivity index (χ3v) is 3.93. The Morgan fingerprint density at radius 2 is 2.10 bits per heavy atom. The van der Waals surface area contributed by atoms with Gasteiger partial charge in [-0.25, -0.2) is 4.98 Å². The van der Waals surface area contributed by atoms with Gasteiger partial charge in [0.05, 0.1) is 24.2 Å². The molecule has 21 heavy (non-hydrogen) atoms. The Bertz CT molecular complexity index is 690. The summed E-state index contributed by atoms with van der Waals surface area (Å²) < 4.78 is 1.74. The molecule has 112 valence electrons. The lowest BCUT2D eigenvalue weighted by molar-refractivity contribution is -0.136. The summed E-state index contributed by atoms with van der Waals surface area (Å²) in [5.41, 5.74) is 3.12. The molecule has 2 N–H and O–H groups in total. The standard InChI is InChI=1S/C13H16N4O3S/c1-7-10(8(2)17(3)16-7)5-11(18)15-13-14-9(6-21-13)4-12(19)20/h6H,4-5H2,1-3H3,(H,19,20)(H,14,15,18). The number of carbonyl (C=O) groups is 2. The lowest BCUT2D eigenvalue weighted by Gasteiger charge is -2.02. The van der Waals surface area contributed by atoms with Crippen LogP contribution in [0.5, 0.6) is 0 Å². The van der Waals surface area contributed by atoms with Crippen molar-refractivity contribution in [2.45, 2.75) is 26.7 Å². The molecule has 2 aromatic heterocycles. The maximum Gasteiger partial charge on any atom is 0.309 e. The van der Waals surface area contributed by atoms with Gasteiger partial charge in [0.25, 0.3) is 0 Å². The van der Waals surface area contributed by atoms with Crippen LogP contribution in [0.1, 0.15) is 22.6 Å². The second kappa shape index (κ2) is 6.04. The summed E-state index contributed by atoms with van der Waals surface area (Å²) in [5.74, 6) is -1.13. The molecule has 2 heterocycles. The Labute approximate surface area is 125 Å². The zero-order valence-corrected chi connectivity index (χ0v) is 12.8. The SMILES string of the molecule is Cc1nn(C)c(C)c1CC(=O)Nc1nc(CC(=O)O)cs1. The fourth-order valence-corrected chi connectivity index (χ4v) is 2.72. The highest BCUT2D eigenvalue weighted by Gasteiger charge is 2.15. The smallest absolute Gasteiger partial charge is 0.309 e. The molecule has 0 saturated carbocycles. The number of amides is 1. The van der Waals surface area contributed by atoms with E-state index in [-0.39, 0.29) is 18.7 Å². The van der Waals surface area contributed by atoms with Crippen molar-refractivity contribution in [3.63, 3.8) is 0 Å². The van der Waals surface area contributed by atoms with Crippen LogP contribution in [-0.4, -0.2) is 31.7 Å². The van der Waals surface area contributed by atoms with Gasteiger partial charge in [-0.3, -0.25) is 14.3 Å². The van der Waals surface area contributed by atoms with E-state index in [1.165, 1.54) is 11.3 Å². The van der Waals surface area contributed by atoms with Gasteiger partial charge in [0.2, 0.25) is 5.91 Å². The van der Waals surface area contributed by atoms with Crippen LogP contribution in [0, 0.1) is 13.8 Å². The van der Waals surface area contributed by atoms with Gasteiger partial charge in [-0.05, 0) is 13.8 Å². The summed E-state index contributed by atoms with van der Waals surface area (Å²) in [6, 6.07) is 0. The Balaban J connectivity index is 2.01. The molecule has 0 atom stereocenters. The molecule has 0 aliphatic carbocycles. The predicted octanol–water partition coefficient (Wildman–Crippen LogP) is 1.30. The van der Waals surface area contributed by atoms with Crippen molar-refractivity contribution in [1.29, 1.82) is 0 Å². The number of aromatic nitrogens is 3. The molecule has 0 aliphatic heterocycles. The average molecular weight is 308 g/mol. The van der Waals surface area contributed by atoms with E-state index in [1.807, 2.05) is 20.9 Å². The first-order valence-corrected chi connectivity index (χ1v) is 7.20. The Hall–Kier alpha value is -2.22. The average Bonchev–Trinajstić information content (AvgIpc) is 2.89. The van der Waals surface area contributed by atoms with Gasteiger partial charge in [-0.2, -0.15) is 5.10 Å². The number of rotatable bonds is 5. The van der Waals surface area contributed by atoms with Crippen molar-refractivity contribution >= 4 is 28.3 Å². The first-order chi connectivity index (χ1) is 9.86. The number of aliphatic carboxylic acids is 1. The van der Waals surface area contributed by atoms with Gasteiger partial charge >= 0.3 is 5.97 Å². The quantitative estimate of drug-likeness (QED) is 0.868. The summed E-state index contributed by atoms with van der Waals surface area (Å²) in [4.78, 5) is 26.7. The Kier molecular flexibility index (Phi) is 4.37. The summed E-state index contributed by atoms with van der Waals surface area (Å²) >= 11 is 1.22. The number of hydrogen-bond donors (Lipinski definition) is 2. The first kappa shape index (κ1) is 15.2. The molecule has 0 saturated heterocycles. The molecule has 0 aromatic carbocycles. The zero-order valence-electron chi connectivity index (χ0n) is 12.0. The molecule has 0 bridgehead atoms. The molecule has 8 heteroatoms. The number of anilines is 1. The van der Waals surface area contributed by atoms with E-state index in [0.29, 0.717) is 10.8 Å². The van der Waals surface area contributed by atoms with E-state index in [0.717, 1.165) is 17.0 Å². The highest BCUT2D eigenvalue weighted by Crippen LogP contribution is 2.17.